The average molecular weight is 255 g/mol. The Morgan fingerprint density at radius 2 is 2.19 bits per heavy atom. The quantitative estimate of drug-likeness (QED) is 0.845. The van der Waals surface area contributed by atoms with Crippen LogP contribution in [0.5, 0.6) is 0 Å². The molecule has 0 amide bonds. The van der Waals surface area contributed by atoms with Gasteiger partial charge in [-0.3, -0.25) is 0 Å². The van der Waals surface area contributed by atoms with E-state index in [4.69, 9.17) is 0 Å². The predicted octanol–water partition coefficient (Wildman–Crippen LogP) is 4.31. The third kappa shape index (κ3) is 3.02. The van der Waals surface area contributed by atoms with E-state index in [1.54, 1.807) is 0 Å². The number of fused-ring (bicyclic) bond motifs is 1. The van der Waals surface area contributed by atoms with Crippen molar-refractivity contribution in [2.45, 2.75) is 49.6 Å². The molecule has 3 heteroatoms. The summed E-state index contributed by atoms with van der Waals surface area (Å²) in [4.78, 5) is 0. The van der Waals surface area contributed by atoms with Crippen LogP contribution in [0.3, 0.4) is 0 Å². The molecule has 2 atom stereocenters. The first-order valence-electron chi connectivity index (χ1n) is 5.93. The first-order valence-corrected chi connectivity index (χ1v) is 7.69. The maximum absolute atomic E-state index is 3.73. The topological polar surface area (TPSA) is 12.0 Å². The van der Waals surface area contributed by atoms with Gasteiger partial charge in [-0.15, -0.1) is 23.1 Å². The average Bonchev–Trinajstić information content (AvgIpc) is 2.60. The summed E-state index contributed by atoms with van der Waals surface area (Å²) in [6.45, 7) is 10.3. The van der Waals surface area contributed by atoms with Gasteiger partial charge in [0.05, 0.1) is 4.21 Å². The Morgan fingerprint density at radius 3 is 2.88 bits per heavy atom. The van der Waals surface area contributed by atoms with Crippen LogP contribution in [0.15, 0.2) is 15.7 Å². The fourth-order valence-corrected chi connectivity index (χ4v) is 4.54. The molecule has 1 N–H and O–H groups in total. The third-order valence-electron chi connectivity index (χ3n) is 2.79. The van der Waals surface area contributed by atoms with Crippen molar-refractivity contribution in [1.82, 2.24) is 5.32 Å². The normalized spacial score (nSPS) is 25.5. The van der Waals surface area contributed by atoms with Crippen molar-refractivity contribution < 1.29 is 0 Å². The molecule has 0 aliphatic carbocycles. The largest absolute Gasteiger partial charge is 0.309 e. The molecule has 1 aromatic rings. The number of nitrogens with one attached hydrogen (secondary N) is 1. The molecule has 16 heavy (non-hydrogen) atoms. The van der Waals surface area contributed by atoms with Crippen molar-refractivity contribution in [3.05, 3.63) is 17.0 Å². The highest BCUT2D eigenvalue weighted by molar-refractivity contribution is 8.01. The number of thioether (sulfide) groups is 1. The van der Waals surface area contributed by atoms with Crippen LogP contribution in [-0.4, -0.2) is 11.8 Å². The second kappa shape index (κ2) is 4.71. The number of hydrogen-bond acceptors (Lipinski definition) is 3. The van der Waals surface area contributed by atoms with E-state index in [0.717, 1.165) is 11.8 Å². The SMILES string of the molecule is C[C@H]1CC(NCC(C)(C)C)c2ccsc2S1. The Morgan fingerprint density at radius 1 is 1.44 bits per heavy atom. The number of thiophene rings is 1. The van der Waals surface area contributed by atoms with Gasteiger partial charge in [0.25, 0.3) is 0 Å². The van der Waals surface area contributed by atoms with Gasteiger partial charge in [-0.05, 0) is 28.8 Å². The van der Waals surface area contributed by atoms with Crippen LogP contribution in [0.2, 0.25) is 0 Å². The Hall–Kier alpha value is 0.01000. The summed E-state index contributed by atoms with van der Waals surface area (Å²) in [5.41, 5.74) is 1.89. The van der Waals surface area contributed by atoms with Gasteiger partial charge in [0.1, 0.15) is 0 Å². The maximum atomic E-state index is 3.73. The fourth-order valence-electron chi connectivity index (χ4n) is 1.97. The summed E-state index contributed by atoms with van der Waals surface area (Å²) in [5.74, 6) is 0. The summed E-state index contributed by atoms with van der Waals surface area (Å²) < 4.78 is 1.52. The van der Waals surface area contributed by atoms with Crippen molar-refractivity contribution in [2.24, 2.45) is 5.41 Å². The van der Waals surface area contributed by atoms with Crippen LogP contribution in [0.25, 0.3) is 0 Å². The van der Waals surface area contributed by atoms with Crippen molar-refractivity contribution in [3.63, 3.8) is 0 Å². The summed E-state index contributed by atoms with van der Waals surface area (Å²) in [5, 5.41) is 6.69. The van der Waals surface area contributed by atoms with E-state index in [1.807, 2.05) is 23.1 Å². The zero-order valence-electron chi connectivity index (χ0n) is 10.5. The molecule has 1 unspecified atom stereocenters. The first kappa shape index (κ1) is 12.5. The van der Waals surface area contributed by atoms with Gasteiger partial charge in [0.2, 0.25) is 0 Å². The molecule has 0 saturated heterocycles. The lowest BCUT2D eigenvalue weighted by Gasteiger charge is -2.30. The monoisotopic (exact) mass is 255 g/mol. The maximum Gasteiger partial charge on any atom is 0.0649 e. The van der Waals surface area contributed by atoms with Crippen LogP contribution in [0, 0.1) is 5.41 Å². The Kier molecular flexibility index (Phi) is 3.67. The van der Waals surface area contributed by atoms with E-state index in [9.17, 15) is 0 Å². The minimum atomic E-state index is 0.365. The highest BCUT2D eigenvalue weighted by Gasteiger charge is 2.26. The zero-order valence-corrected chi connectivity index (χ0v) is 12.2. The lowest BCUT2D eigenvalue weighted by molar-refractivity contribution is 0.343. The van der Waals surface area contributed by atoms with Crippen molar-refractivity contribution >= 4 is 23.1 Å². The van der Waals surface area contributed by atoms with Gasteiger partial charge in [0.15, 0.2) is 0 Å². The van der Waals surface area contributed by atoms with E-state index in [0.29, 0.717) is 11.5 Å². The number of rotatable bonds is 2. The van der Waals surface area contributed by atoms with Crippen LogP contribution < -0.4 is 5.32 Å². The molecule has 2 heterocycles. The van der Waals surface area contributed by atoms with Gasteiger partial charge < -0.3 is 5.32 Å². The van der Waals surface area contributed by atoms with Crippen LogP contribution in [-0.2, 0) is 0 Å². The van der Waals surface area contributed by atoms with Crippen molar-refractivity contribution in [2.75, 3.05) is 6.54 Å². The lowest BCUT2D eigenvalue weighted by Crippen LogP contribution is -2.33. The van der Waals surface area contributed by atoms with E-state index >= 15 is 0 Å². The molecule has 0 aromatic carbocycles. The fraction of sp³-hybridized carbons (Fsp3) is 0.692. The molecule has 0 spiro atoms. The standard InChI is InChI=1S/C13H21NS2/c1-9-7-11(14-8-13(2,3)4)10-5-6-15-12(10)16-9/h5-6,9,11,14H,7-8H2,1-4H3/t9-,11?/m0/s1. The van der Waals surface area contributed by atoms with Crippen molar-refractivity contribution in [1.29, 1.82) is 0 Å². The van der Waals surface area contributed by atoms with E-state index < -0.39 is 0 Å². The molecule has 90 valence electrons. The summed E-state index contributed by atoms with van der Waals surface area (Å²) in [6, 6.07) is 2.86. The molecule has 0 fully saturated rings. The van der Waals surface area contributed by atoms with Gasteiger partial charge in [-0.25, -0.2) is 0 Å². The highest BCUT2D eigenvalue weighted by atomic mass is 32.2. The molecule has 1 aliphatic rings. The molecule has 1 aliphatic heterocycles. The van der Waals surface area contributed by atoms with Crippen LogP contribution in [0.4, 0.5) is 0 Å². The molecule has 0 radical (unpaired) electrons. The summed E-state index contributed by atoms with van der Waals surface area (Å²) in [7, 11) is 0. The molecule has 1 aromatic heterocycles. The smallest absolute Gasteiger partial charge is 0.0649 e. The molecular formula is C13H21NS2. The Labute approximate surface area is 107 Å². The van der Waals surface area contributed by atoms with Gasteiger partial charge >= 0.3 is 0 Å². The first-order chi connectivity index (χ1) is 7.46. The lowest BCUT2D eigenvalue weighted by atomic mass is 9.95. The van der Waals surface area contributed by atoms with Crippen LogP contribution >= 0.6 is 23.1 Å². The van der Waals surface area contributed by atoms with E-state index in [2.05, 4.69) is 44.5 Å². The molecule has 0 saturated carbocycles. The Balaban J connectivity index is 2.06. The summed E-state index contributed by atoms with van der Waals surface area (Å²) >= 11 is 3.92. The minimum absolute atomic E-state index is 0.365. The van der Waals surface area contributed by atoms with E-state index in [-0.39, 0.29) is 0 Å². The molecule has 2 rings (SSSR count). The van der Waals surface area contributed by atoms with Gasteiger partial charge in [0, 0.05) is 17.8 Å². The van der Waals surface area contributed by atoms with Gasteiger partial charge in [-0.1, -0.05) is 27.7 Å². The third-order valence-corrected chi connectivity index (χ3v) is 5.13. The van der Waals surface area contributed by atoms with Gasteiger partial charge in [-0.2, -0.15) is 0 Å². The number of hydrogen-bond donors (Lipinski definition) is 1. The van der Waals surface area contributed by atoms with Crippen molar-refractivity contribution in [3.8, 4) is 0 Å². The van der Waals surface area contributed by atoms with Crippen LogP contribution in [0.1, 0.15) is 45.7 Å². The minimum Gasteiger partial charge on any atom is -0.309 e. The Bertz CT molecular complexity index is 351. The second-order valence-corrected chi connectivity index (χ2v) is 8.44. The van der Waals surface area contributed by atoms with E-state index in [1.165, 1.54) is 16.2 Å². The second-order valence-electron chi connectivity index (χ2n) is 5.82. The molecule has 1 nitrogen and oxygen atoms in total. The zero-order chi connectivity index (χ0) is 11.8. The summed E-state index contributed by atoms with van der Waals surface area (Å²) in [6.07, 6.45) is 1.25. The predicted molar refractivity (Wildman–Crippen MR) is 74.5 cm³/mol. The molecular weight excluding hydrogens is 234 g/mol. The highest BCUT2D eigenvalue weighted by Crippen LogP contribution is 2.43. The molecule has 0 bridgehead atoms.